The van der Waals surface area contributed by atoms with Gasteiger partial charge in [-0.25, -0.2) is 15.8 Å². The van der Waals surface area contributed by atoms with Gasteiger partial charge in [-0.1, -0.05) is 13.3 Å². The molecule has 0 amide bonds. The first-order chi connectivity index (χ1) is 7.22. The van der Waals surface area contributed by atoms with Gasteiger partial charge in [0.25, 0.3) is 0 Å². The van der Waals surface area contributed by atoms with Gasteiger partial charge in [0.2, 0.25) is 0 Å². The molecule has 1 fully saturated rings. The molecule has 82 valence electrons. The predicted octanol–water partition coefficient (Wildman–Crippen LogP) is 1.28. The average Bonchev–Trinajstić information content (AvgIpc) is 2.95. The first-order valence-corrected chi connectivity index (χ1v) is 5.31. The van der Waals surface area contributed by atoms with Crippen molar-refractivity contribution in [2.75, 3.05) is 10.7 Å². The number of nitrogens with one attached hydrogen (secondary N) is 2. The van der Waals surface area contributed by atoms with Crippen LogP contribution in [0.25, 0.3) is 0 Å². The molecule has 1 aromatic heterocycles. The monoisotopic (exact) mass is 207 g/mol. The van der Waals surface area contributed by atoms with Gasteiger partial charge in [-0.15, -0.1) is 0 Å². The minimum atomic E-state index is 0.579. The number of rotatable bonds is 4. The molecule has 2 rings (SSSR count). The van der Waals surface area contributed by atoms with Crippen LogP contribution in [0, 0.1) is 12.8 Å². The Hall–Kier alpha value is -1.36. The summed E-state index contributed by atoms with van der Waals surface area (Å²) in [5.41, 5.74) is 2.54. The highest BCUT2D eigenvalue weighted by atomic mass is 15.3. The Morgan fingerprint density at radius 3 is 2.80 bits per heavy atom. The zero-order valence-electron chi connectivity index (χ0n) is 9.12. The van der Waals surface area contributed by atoms with Crippen molar-refractivity contribution in [1.29, 1.82) is 0 Å². The summed E-state index contributed by atoms with van der Waals surface area (Å²) in [7, 11) is 0. The smallest absolute Gasteiger partial charge is 0.145 e. The molecule has 5 nitrogen and oxygen atoms in total. The van der Waals surface area contributed by atoms with Crippen molar-refractivity contribution < 1.29 is 0 Å². The van der Waals surface area contributed by atoms with Crippen LogP contribution in [0.15, 0.2) is 6.07 Å². The number of hydrogen-bond donors (Lipinski definition) is 3. The summed E-state index contributed by atoms with van der Waals surface area (Å²) in [6.45, 7) is 4.07. The van der Waals surface area contributed by atoms with E-state index in [4.69, 9.17) is 5.84 Å². The maximum atomic E-state index is 5.32. The molecule has 15 heavy (non-hydrogen) atoms. The van der Waals surface area contributed by atoms with Crippen LogP contribution < -0.4 is 16.6 Å². The Balaban J connectivity index is 2.05. The van der Waals surface area contributed by atoms with E-state index in [1.54, 1.807) is 0 Å². The van der Waals surface area contributed by atoms with Crippen LogP contribution in [0.1, 0.15) is 25.6 Å². The van der Waals surface area contributed by atoms with Crippen LogP contribution in [0.4, 0.5) is 11.6 Å². The third-order valence-corrected chi connectivity index (χ3v) is 2.77. The van der Waals surface area contributed by atoms with E-state index in [1.807, 2.05) is 13.0 Å². The molecule has 4 N–H and O–H groups in total. The molecule has 1 heterocycles. The number of nitrogens with zero attached hydrogens (tertiary/aromatic N) is 2. The second-order valence-electron chi connectivity index (χ2n) is 3.98. The third kappa shape index (κ3) is 2.36. The fourth-order valence-electron chi connectivity index (χ4n) is 1.78. The van der Waals surface area contributed by atoms with Crippen LogP contribution in [0.5, 0.6) is 0 Å². The number of anilines is 2. The van der Waals surface area contributed by atoms with E-state index in [2.05, 4.69) is 27.6 Å². The Labute approximate surface area is 89.5 Å². The summed E-state index contributed by atoms with van der Waals surface area (Å²) in [6.07, 6.45) is 2.47. The Morgan fingerprint density at radius 1 is 1.47 bits per heavy atom. The summed E-state index contributed by atoms with van der Waals surface area (Å²) in [6, 6.07) is 2.41. The highest BCUT2D eigenvalue weighted by molar-refractivity contribution is 5.48. The van der Waals surface area contributed by atoms with Crippen LogP contribution in [0.2, 0.25) is 0 Å². The first-order valence-electron chi connectivity index (χ1n) is 5.31. The average molecular weight is 207 g/mol. The van der Waals surface area contributed by atoms with Gasteiger partial charge in [0.05, 0.1) is 0 Å². The van der Waals surface area contributed by atoms with Gasteiger partial charge in [-0.05, 0) is 19.3 Å². The summed E-state index contributed by atoms with van der Waals surface area (Å²) in [4.78, 5) is 8.44. The fourth-order valence-corrected chi connectivity index (χ4v) is 1.78. The maximum absolute atomic E-state index is 5.32. The van der Waals surface area contributed by atoms with E-state index in [-0.39, 0.29) is 0 Å². The zero-order valence-corrected chi connectivity index (χ0v) is 9.12. The van der Waals surface area contributed by atoms with E-state index < -0.39 is 0 Å². The Bertz CT molecular complexity index is 352. The van der Waals surface area contributed by atoms with Crippen molar-refractivity contribution in [3.05, 3.63) is 11.9 Å². The summed E-state index contributed by atoms with van der Waals surface area (Å²) < 4.78 is 0. The van der Waals surface area contributed by atoms with Gasteiger partial charge < -0.3 is 10.7 Å². The van der Waals surface area contributed by atoms with Crippen molar-refractivity contribution >= 4 is 11.6 Å². The summed E-state index contributed by atoms with van der Waals surface area (Å²) >= 11 is 0. The van der Waals surface area contributed by atoms with Crippen molar-refractivity contribution in [3.63, 3.8) is 0 Å². The minimum Gasteiger partial charge on any atom is -0.367 e. The Morgan fingerprint density at radius 2 is 2.20 bits per heavy atom. The summed E-state index contributed by atoms with van der Waals surface area (Å²) in [5, 5.41) is 3.39. The molecular formula is C10H17N5. The molecule has 1 aliphatic carbocycles. The second kappa shape index (κ2) is 4.02. The highest BCUT2D eigenvalue weighted by Gasteiger charge is 2.35. The van der Waals surface area contributed by atoms with Crippen LogP contribution in [-0.4, -0.2) is 16.0 Å². The molecule has 0 bridgehead atoms. The molecule has 1 saturated carbocycles. The largest absolute Gasteiger partial charge is 0.367 e. The van der Waals surface area contributed by atoms with Crippen LogP contribution >= 0.6 is 0 Å². The number of nitrogen functional groups attached to an aromatic ring is 1. The fraction of sp³-hybridized carbons (Fsp3) is 0.600. The predicted molar refractivity (Wildman–Crippen MR) is 60.4 cm³/mol. The van der Waals surface area contributed by atoms with E-state index in [9.17, 15) is 0 Å². The number of aryl methyl sites for hydroxylation is 1. The van der Waals surface area contributed by atoms with E-state index >= 15 is 0 Å². The van der Waals surface area contributed by atoms with Crippen LogP contribution in [-0.2, 0) is 0 Å². The third-order valence-electron chi connectivity index (χ3n) is 2.77. The molecule has 0 radical (unpaired) electrons. The number of hydrazine groups is 1. The van der Waals surface area contributed by atoms with Gasteiger partial charge in [-0.2, -0.15) is 0 Å². The lowest BCUT2D eigenvalue weighted by Gasteiger charge is -2.07. The van der Waals surface area contributed by atoms with Crippen molar-refractivity contribution in [2.45, 2.75) is 32.7 Å². The van der Waals surface area contributed by atoms with E-state index in [1.165, 1.54) is 12.8 Å². The van der Waals surface area contributed by atoms with Crippen molar-refractivity contribution in [1.82, 2.24) is 9.97 Å². The van der Waals surface area contributed by atoms with Gasteiger partial charge in [-0.3, -0.25) is 0 Å². The van der Waals surface area contributed by atoms with Gasteiger partial charge in [0, 0.05) is 12.1 Å². The molecule has 1 aliphatic rings. The van der Waals surface area contributed by atoms with Crippen molar-refractivity contribution in [2.24, 2.45) is 11.8 Å². The molecule has 2 unspecified atom stereocenters. The quantitative estimate of drug-likeness (QED) is 0.512. The standard InChI is InChI=1S/C10H17N5/c1-3-7-4-8(7)14-9-5-10(15-11)13-6(2)12-9/h5,7-8H,3-4,11H2,1-2H3,(H2,12,13,14,15). The lowest BCUT2D eigenvalue weighted by molar-refractivity contribution is 0.773. The molecular weight excluding hydrogens is 190 g/mol. The molecule has 1 aromatic rings. The van der Waals surface area contributed by atoms with Gasteiger partial charge in [0.15, 0.2) is 0 Å². The van der Waals surface area contributed by atoms with Gasteiger partial charge >= 0.3 is 0 Å². The molecule has 2 atom stereocenters. The minimum absolute atomic E-state index is 0.579. The van der Waals surface area contributed by atoms with Gasteiger partial charge in [0.1, 0.15) is 17.5 Å². The maximum Gasteiger partial charge on any atom is 0.145 e. The lowest BCUT2D eigenvalue weighted by Crippen LogP contribution is -2.12. The molecule has 0 spiro atoms. The molecule has 0 aliphatic heterocycles. The molecule has 0 saturated heterocycles. The number of hydrogen-bond acceptors (Lipinski definition) is 5. The highest BCUT2D eigenvalue weighted by Crippen LogP contribution is 2.35. The Kier molecular flexibility index (Phi) is 2.73. The summed E-state index contributed by atoms with van der Waals surface area (Å²) in [5.74, 6) is 8.35. The molecule has 0 aromatic carbocycles. The number of nitrogens with two attached hydrogens (primary N) is 1. The topological polar surface area (TPSA) is 75.9 Å². The first kappa shape index (κ1) is 10.2. The van der Waals surface area contributed by atoms with Crippen molar-refractivity contribution in [3.8, 4) is 0 Å². The van der Waals surface area contributed by atoms with Crippen LogP contribution in [0.3, 0.4) is 0 Å². The lowest BCUT2D eigenvalue weighted by atomic mass is 10.3. The SMILES string of the molecule is CCC1CC1Nc1cc(NN)nc(C)n1. The number of aromatic nitrogens is 2. The zero-order chi connectivity index (χ0) is 10.8. The van der Waals surface area contributed by atoms with E-state index in [0.717, 1.165) is 17.6 Å². The molecule has 5 heteroatoms. The second-order valence-corrected chi connectivity index (χ2v) is 3.98. The van der Waals surface area contributed by atoms with E-state index in [0.29, 0.717) is 11.9 Å². The normalized spacial score (nSPS) is 23.7.